The lowest BCUT2D eigenvalue weighted by Crippen LogP contribution is -2.71. The smallest absolute Gasteiger partial charge is 0.353 e. The molecule has 32 heavy (non-hydrogen) atoms. The van der Waals surface area contributed by atoms with Crippen molar-refractivity contribution in [3.8, 4) is 0 Å². The number of carboxylic acids is 2. The molecule has 1 fully saturated rings. The van der Waals surface area contributed by atoms with Gasteiger partial charge in [0.05, 0.1) is 0 Å². The van der Waals surface area contributed by atoms with Gasteiger partial charge in [0.1, 0.15) is 22.8 Å². The van der Waals surface area contributed by atoms with Crippen molar-refractivity contribution in [1.29, 1.82) is 0 Å². The van der Waals surface area contributed by atoms with Crippen LogP contribution in [0.4, 0.5) is 5.13 Å². The topological polar surface area (TPSA) is 196 Å². The van der Waals surface area contributed by atoms with Crippen molar-refractivity contribution in [2.24, 2.45) is 5.16 Å². The SMILES string of the molecule is Nc1nc(/C(=N/O)C(=O)NC2C(=O)N3C(C(=O)O)=C(S/C=C\CCC(=O)O)CS[C@H]23)cs1. The summed E-state index contributed by atoms with van der Waals surface area (Å²) >= 11 is 3.42. The summed E-state index contributed by atoms with van der Waals surface area (Å²) in [5, 5.41) is 35.4. The summed E-state index contributed by atoms with van der Waals surface area (Å²) in [5.41, 5.74) is 4.97. The minimum absolute atomic E-state index is 0.0443. The highest BCUT2D eigenvalue weighted by Crippen LogP contribution is 2.43. The molecule has 1 aromatic heterocycles. The quantitative estimate of drug-likeness (QED) is 0.139. The number of nitrogens with one attached hydrogen (secondary N) is 1. The third-order valence-electron chi connectivity index (χ3n) is 4.33. The number of allylic oxidation sites excluding steroid dienone is 1. The number of aliphatic carboxylic acids is 2. The number of fused-ring (bicyclic) bond motifs is 1. The average Bonchev–Trinajstić information content (AvgIpc) is 3.17. The Morgan fingerprint density at radius 2 is 2.16 bits per heavy atom. The fraction of sp³-hybridized carbons (Fsp3) is 0.294. The molecule has 12 nitrogen and oxygen atoms in total. The van der Waals surface area contributed by atoms with E-state index in [9.17, 15) is 29.5 Å². The first-order valence-electron chi connectivity index (χ1n) is 8.93. The summed E-state index contributed by atoms with van der Waals surface area (Å²) in [6, 6.07) is -1.01. The number of amides is 2. The number of thiazole rings is 1. The standard InChI is InChI=1S/C17H17N5O7S3/c18-17-19-7(5-32-17)10(21-29)13(25)20-11-14(26)22-12(16(27)28)8(6-31-15(11)22)30-4-2-1-3-9(23)24/h2,4-5,11,15,29H,1,3,6H2,(H2,18,19)(H,20,25)(H,23,24)(H,27,28)/b4-2-,21-10-/t11?,15-/m1/s1. The molecule has 0 bridgehead atoms. The molecule has 1 unspecified atom stereocenters. The van der Waals surface area contributed by atoms with E-state index in [1.165, 1.54) is 17.1 Å². The van der Waals surface area contributed by atoms with E-state index >= 15 is 0 Å². The molecule has 1 saturated heterocycles. The summed E-state index contributed by atoms with van der Waals surface area (Å²) in [4.78, 5) is 52.9. The largest absolute Gasteiger partial charge is 0.481 e. The van der Waals surface area contributed by atoms with Gasteiger partial charge in [-0.05, 0) is 11.8 Å². The molecular formula is C17H17N5O7S3. The van der Waals surface area contributed by atoms with Crippen LogP contribution in [0.3, 0.4) is 0 Å². The Hall–Kier alpha value is -3.04. The van der Waals surface area contributed by atoms with Crippen LogP contribution in [0.1, 0.15) is 18.5 Å². The van der Waals surface area contributed by atoms with Crippen molar-refractivity contribution in [3.63, 3.8) is 0 Å². The number of nitrogens with two attached hydrogens (primary N) is 1. The zero-order valence-corrected chi connectivity index (χ0v) is 18.6. The first kappa shape index (κ1) is 23.6. The van der Waals surface area contributed by atoms with Gasteiger partial charge in [0, 0.05) is 22.5 Å². The van der Waals surface area contributed by atoms with Crippen molar-refractivity contribution < 1.29 is 34.6 Å². The normalized spacial score (nSPS) is 20.8. The maximum Gasteiger partial charge on any atom is 0.353 e. The summed E-state index contributed by atoms with van der Waals surface area (Å²) in [7, 11) is 0. The van der Waals surface area contributed by atoms with Crippen molar-refractivity contribution >= 4 is 69.5 Å². The minimum Gasteiger partial charge on any atom is -0.481 e. The van der Waals surface area contributed by atoms with E-state index in [0.29, 0.717) is 11.3 Å². The predicted octanol–water partition coefficient (Wildman–Crippen LogP) is 0.711. The molecule has 0 radical (unpaired) electrons. The number of oxime groups is 1. The van der Waals surface area contributed by atoms with E-state index in [4.69, 9.17) is 10.8 Å². The lowest BCUT2D eigenvalue weighted by atomic mass is 10.0. The summed E-state index contributed by atoms with van der Waals surface area (Å²) in [6.07, 6.45) is 1.87. The molecule has 0 spiro atoms. The zero-order valence-electron chi connectivity index (χ0n) is 16.1. The van der Waals surface area contributed by atoms with Gasteiger partial charge in [-0.2, -0.15) is 0 Å². The maximum atomic E-state index is 12.7. The number of rotatable bonds is 9. The first-order valence-corrected chi connectivity index (χ1v) is 11.7. The van der Waals surface area contributed by atoms with Gasteiger partial charge in [0.15, 0.2) is 10.8 Å². The zero-order chi connectivity index (χ0) is 23.4. The van der Waals surface area contributed by atoms with Gasteiger partial charge < -0.3 is 26.5 Å². The molecule has 2 aliphatic rings. The second-order valence-corrected chi connectivity index (χ2v) is 9.37. The van der Waals surface area contributed by atoms with Crippen LogP contribution in [0.5, 0.6) is 0 Å². The van der Waals surface area contributed by atoms with Crippen molar-refractivity contribution in [3.05, 3.63) is 33.2 Å². The van der Waals surface area contributed by atoms with Crippen LogP contribution in [0.2, 0.25) is 0 Å². The van der Waals surface area contributed by atoms with E-state index in [0.717, 1.165) is 28.0 Å². The van der Waals surface area contributed by atoms with Gasteiger partial charge in [-0.25, -0.2) is 9.78 Å². The monoisotopic (exact) mass is 499 g/mol. The molecule has 170 valence electrons. The average molecular weight is 500 g/mol. The van der Waals surface area contributed by atoms with Gasteiger partial charge >= 0.3 is 11.9 Å². The van der Waals surface area contributed by atoms with Crippen molar-refractivity contribution in [2.75, 3.05) is 11.5 Å². The summed E-state index contributed by atoms with van der Waals surface area (Å²) in [6.45, 7) is 0. The van der Waals surface area contributed by atoms with Gasteiger partial charge in [0.2, 0.25) is 0 Å². The Morgan fingerprint density at radius 1 is 1.41 bits per heavy atom. The number of β-lactam (4-membered cyclic amide) rings is 1. The Morgan fingerprint density at radius 3 is 2.75 bits per heavy atom. The number of nitrogens with zero attached hydrogens (tertiary/aromatic N) is 3. The van der Waals surface area contributed by atoms with E-state index < -0.39 is 40.9 Å². The van der Waals surface area contributed by atoms with E-state index in [2.05, 4.69) is 15.5 Å². The molecule has 0 aliphatic carbocycles. The third kappa shape index (κ3) is 4.89. The lowest BCUT2D eigenvalue weighted by molar-refractivity contribution is -0.150. The number of thioether (sulfide) groups is 2. The molecule has 3 heterocycles. The van der Waals surface area contributed by atoms with E-state index in [1.807, 2.05) is 0 Å². The molecule has 1 aromatic rings. The number of carbonyl (C=O) groups is 4. The highest BCUT2D eigenvalue weighted by atomic mass is 32.2. The van der Waals surface area contributed by atoms with Crippen LogP contribution in [0.15, 0.2) is 32.6 Å². The summed E-state index contributed by atoms with van der Waals surface area (Å²) in [5.74, 6) is -3.41. The highest BCUT2D eigenvalue weighted by Gasteiger charge is 2.54. The highest BCUT2D eigenvalue weighted by molar-refractivity contribution is 8.08. The van der Waals surface area contributed by atoms with Gasteiger partial charge in [-0.15, -0.1) is 23.1 Å². The van der Waals surface area contributed by atoms with Crippen LogP contribution >= 0.6 is 34.9 Å². The van der Waals surface area contributed by atoms with Crippen molar-refractivity contribution in [1.82, 2.24) is 15.2 Å². The fourth-order valence-corrected chi connectivity index (χ4v) is 5.82. The number of anilines is 1. The molecule has 0 aromatic carbocycles. The minimum atomic E-state index is -1.29. The Kier molecular flexibility index (Phi) is 7.42. The van der Waals surface area contributed by atoms with Crippen LogP contribution in [-0.2, 0) is 19.2 Å². The molecule has 2 aliphatic heterocycles. The molecule has 3 rings (SSSR count). The number of carbonyl (C=O) groups excluding carboxylic acids is 2. The Labute approximate surface area is 193 Å². The number of hydrogen-bond acceptors (Lipinski definition) is 11. The predicted molar refractivity (Wildman–Crippen MR) is 118 cm³/mol. The molecule has 2 atom stereocenters. The fourth-order valence-electron chi connectivity index (χ4n) is 2.91. The number of hydrogen-bond donors (Lipinski definition) is 5. The lowest BCUT2D eigenvalue weighted by Gasteiger charge is -2.49. The Balaban J connectivity index is 1.70. The first-order chi connectivity index (χ1) is 15.2. The van der Waals surface area contributed by atoms with Crippen molar-refractivity contribution in [2.45, 2.75) is 24.3 Å². The van der Waals surface area contributed by atoms with Gasteiger partial charge in [0.25, 0.3) is 11.8 Å². The molecule has 15 heteroatoms. The second-order valence-electron chi connectivity index (χ2n) is 6.38. The molecule has 0 saturated carbocycles. The molecule has 2 amide bonds. The summed E-state index contributed by atoms with van der Waals surface area (Å²) < 4.78 is 0. The number of aromatic nitrogens is 1. The van der Waals surface area contributed by atoms with Crippen LogP contribution in [0, 0.1) is 0 Å². The third-order valence-corrected chi connectivity index (χ3v) is 7.42. The van der Waals surface area contributed by atoms with Crippen LogP contribution in [-0.4, -0.2) is 71.9 Å². The van der Waals surface area contributed by atoms with E-state index in [-0.39, 0.29) is 28.7 Å². The number of carboxylic acid groups (broad SMARTS) is 2. The second kappa shape index (κ2) is 10.1. The van der Waals surface area contributed by atoms with Crippen LogP contribution in [0.25, 0.3) is 0 Å². The van der Waals surface area contributed by atoms with Gasteiger partial charge in [-0.1, -0.05) is 23.0 Å². The number of nitrogen functional groups attached to an aromatic ring is 1. The van der Waals surface area contributed by atoms with Crippen LogP contribution < -0.4 is 11.1 Å². The Bertz CT molecular complexity index is 1050. The maximum absolute atomic E-state index is 12.7. The molecule has 6 N–H and O–H groups in total. The van der Waals surface area contributed by atoms with E-state index in [1.54, 1.807) is 11.5 Å². The van der Waals surface area contributed by atoms with Gasteiger partial charge in [-0.3, -0.25) is 19.3 Å². The molecular weight excluding hydrogens is 482 g/mol.